The van der Waals surface area contributed by atoms with Gasteiger partial charge in [0.25, 0.3) is 0 Å². The Morgan fingerprint density at radius 2 is 2.08 bits per heavy atom. The summed E-state index contributed by atoms with van der Waals surface area (Å²) in [6, 6.07) is 0. The minimum absolute atomic E-state index is 0.222. The van der Waals surface area contributed by atoms with E-state index >= 15 is 0 Å². The fraction of sp³-hybridized carbons (Fsp3) is 0.714. The molecule has 0 heterocycles. The second-order valence-corrected chi connectivity index (χ2v) is 7.79. The third-order valence-corrected chi connectivity index (χ3v) is 5.76. The van der Waals surface area contributed by atoms with Crippen molar-refractivity contribution in [2.75, 3.05) is 13.7 Å². The molecule has 0 aromatic carbocycles. The molecule has 0 saturated heterocycles. The van der Waals surface area contributed by atoms with Crippen LogP contribution in [0.2, 0.25) is 0 Å². The molecule has 3 nitrogen and oxygen atoms in total. The van der Waals surface area contributed by atoms with Crippen LogP contribution in [0.5, 0.6) is 0 Å². The Labute approximate surface area is 147 Å². The lowest BCUT2D eigenvalue weighted by atomic mass is 9.66. The van der Waals surface area contributed by atoms with Gasteiger partial charge in [-0.1, -0.05) is 24.6 Å². The minimum atomic E-state index is -0.548. The topological polar surface area (TPSA) is 49.7 Å². The van der Waals surface area contributed by atoms with Crippen LogP contribution in [0.4, 0.5) is 0 Å². The summed E-state index contributed by atoms with van der Waals surface area (Å²) in [5.74, 6) is 1.07. The standard InChI is InChI=1S/C21H34O3/c1-13(2)7-6-8-16(12-22)17-10-9-14(3)19-18(17)11-15(4)20(23)21(19)24-5/h7,11,14,16-17,20-23H,6,8-10,12H2,1-5H3/t14-,16-,17+,20?,21?/m1/s1. The largest absolute Gasteiger partial charge is 0.396 e. The molecule has 0 aromatic rings. The van der Waals surface area contributed by atoms with E-state index in [9.17, 15) is 10.2 Å². The van der Waals surface area contributed by atoms with Gasteiger partial charge in [0.05, 0.1) is 0 Å². The number of ether oxygens (including phenoxy) is 1. The van der Waals surface area contributed by atoms with Gasteiger partial charge in [0.15, 0.2) is 0 Å². The number of allylic oxidation sites excluding steroid dienone is 4. The SMILES string of the molecule is COC1C2=C(C=C(C)C1O)[C@H]([C@@H](CO)CCC=C(C)C)CC[C@H]2C. The average molecular weight is 335 g/mol. The van der Waals surface area contributed by atoms with Gasteiger partial charge in [0, 0.05) is 13.7 Å². The van der Waals surface area contributed by atoms with E-state index < -0.39 is 6.10 Å². The van der Waals surface area contributed by atoms with Crippen LogP contribution < -0.4 is 0 Å². The molecule has 0 bridgehead atoms. The molecule has 136 valence electrons. The molecule has 2 aliphatic carbocycles. The lowest BCUT2D eigenvalue weighted by Gasteiger charge is -2.42. The fourth-order valence-corrected chi connectivity index (χ4v) is 4.37. The van der Waals surface area contributed by atoms with Crippen LogP contribution in [0, 0.1) is 17.8 Å². The zero-order chi connectivity index (χ0) is 17.9. The number of methoxy groups -OCH3 is 1. The Balaban J connectivity index is 2.31. The van der Waals surface area contributed by atoms with Crippen molar-refractivity contribution >= 4 is 0 Å². The molecule has 0 saturated carbocycles. The van der Waals surface area contributed by atoms with Gasteiger partial charge in [-0.2, -0.15) is 0 Å². The zero-order valence-electron chi connectivity index (χ0n) is 15.9. The highest BCUT2D eigenvalue weighted by Crippen LogP contribution is 2.45. The molecule has 0 spiro atoms. The average Bonchev–Trinajstić information content (AvgIpc) is 2.54. The predicted molar refractivity (Wildman–Crippen MR) is 98.7 cm³/mol. The maximum Gasteiger partial charge on any atom is 0.109 e. The molecule has 2 aliphatic rings. The van der Waals surface area contributed by atoms with Crippen LogP contribution >= 0.6 is 0 Å². The highest BCUT2D eigenvalue weighted by molar-refractivity contribution is 5.43. The van der Waals surface area contributed by atoms with E-state index in [2.05, 4.69) is 32.9 Å². The summed E-state index contributed by atoms with van der Waals surface area (Å²) in [4.78, 5) is 0. The third-order valence-electron chi connectivity index (χ3n) is 5.76. The quantitative estimate of drug-likeness (QED) is 0.721. The fourth-order valence-electron chi connectivity index (χ4n) is 4.37. The first kappa shape index (κ1) is 19.4. The van der Waals surface area contributed by atoms with Crippen molar-refractivity contribution in [2.24, 2.45) is 17.8 Å². The van der Waals surface area contributed by atoms with Crippen LogP contribution in [0.25, 0.3) is 0 Å². The summed E-state index contributed by atoms with van der Waals surface area (Å²) in [5.41, 5.74) is 4.88. The van der Waals surface area contributed by atoms with E-state index in [0.717, 1.165) is 31.3 Å². The normalized spacial score (nSPS) is 31.4. The monoisotopic (exact) mass is 334 g/mol. The van der Waals surface area contributed by atoms with Crippen molar-refractivity contribution in [2.45, 2.75) is 65.6 Å². The smallest absolute Gasteiger partial charge is 0.109 e. The van der Waals surface area contributed by atoms with Crippen LogP contribution in [0.3, 0.4) is 0 Å². The number of aliphatic hydroxyl groups is 2. The van der Waals surface area contributed by atoms with Crippen molar-refractivity contribution in [1.29, 1.82) is 0 Å². The minimum Gasteiger partial charge on any atom is -0.396 e. The van der Waals surface area contributed by atoms with Crippen LogP contribution in [-0.2, 0) is 4.74 Å². The van der Waals surface area contributed by atoms with E-state index in [1.54, 1.807) is 7.11 Å². The molecular weight excluding hydrogens is 300 g/mol. The summed E-state index contributed by atoms with van der Waals surface area (Å²) < 4.78 is 5.67. The van der Waals surface area contributed by atoms with E-state index in [1.807, 2.05) is 6.92 Å². The Morgan fingerprint density at radius 3 is 2.67 bits per heavy atom. The van der Waals surface area contributed by atoms with Crippen molar-refractivity contribution in [3.8, 4) is 0 Å². The first-order valence-corrected chi connectivity index (χ1v) is 9.27. The van der Waals surface area contributed by atoms with Gasteiger partial charge >= 0.3 is 0 Å². The lowest BCUT2D eigenvalue weighted by molar-refractivity contribution is 0.0173. The van der Waals surface area contributed by atoms with Gasteiger partial charge in [-0.05, 0) is 80.9 Å². The van der Waals surface area contributed by atoms with Gasteiger partial charge in [0.1, 0.15) is 12.2 Å². The Hall–Kier alpha value is -0.900. The summed E-state index contributed by atoms with van der Waals surface area (Å²) in [7, 11) is 1.69. The molecule has 5 atom stereocenters. The van der Waals surface area contributed by atoms with E-state index in [1.165, 1.54) is 16.7 Å². The van der Waals surface area contributed by atoms with E-state index in [0.29, 0.717) is 11.8 Å². The lowest BCUT2D eigenvalue weighted by Crippen LogP contribution is -2.40. The zero-order valence-corrected chi connectivity index (χ0v) is 15.9. The highest BCUT2D eigenvalue weighted by Gasteiger charge is 2.39. The Kier molecular flexibility index (Phi) is 6.85. The van der Waals surface area contributed by atoms with Crippen LogP contribution in [0.1, 0.15) is 53.4 Å². The Morgan fingerprint density at radius 1 is 1.38 bits per heavy atom. The molecule has 2 rings (SSSR count). The van der Waals surface area contributed by atoms with E-state index in [4.69, 9.17) is 4.74 Å². The number of rotatable bonds is 6. The summed E-state index contributed by atoms with van der Waals surface area (Å²) >= 11 is 0. The van der Waals surface area contributed by atoms with Crippen LogP contribution in [0.15, 0.2) is 34.4 Å². The van der Waals surface area contributed by atoms with Gasteiger partial charge in [-0.3, -0.25) is 0 Å². The number of aliphatic hydroxyl groups excluding tert-OH is 2. The van der Waals surface area contributed by atoms with Gasteiger partial charge in [-0.15, -0.1) is 0 Å². The number of hydrogen-bond donors (Lipinski definition) is 2. The maximum atomic E-state index is 10.5. The molecule has 0 aliphatic heterocycles. The molecule has 2 N–H and O–H groups in total. The molecule has 3 heteroatoms. The van der Waals surface area contributed by atoms with Gasteiger partial charge in [0.2, 0.25) is 0 Å². The summed E-state index contributed by atoms with van der Waals surface area (Å²) in [6.07, 6.45) is 7.87. The van der Waals surface area contributed by atoms with Gasteiger partial charge < -0.3 is 14.9 Å². The molecule has 0 fully saturated rings. The maximum absolute atomic E-state index is 10.5. The molecule has 0 aromatic heterocycles. The Bertz CT molecular complexity index is 525. The van der Waals surface area contributed by atoms with Crippen LogP contribution in [-0.4, -0.2) is 36.1 Å². The van der Waals surface area contributed by atoms with Crippen molar-refractivity contribution in [1.82, 2.24) is 0 Å². The molecule has 2 unspecified atom stereocenters. The molecular formula is C21H34O3. The molecule has 0 radical (unpaired) electrons. The summed E-state index contributed by atoms with van der Waals surface area (Å²) in [5, 5.41) is 20.5. The van der Waals surface area contributed by atoms with Crippen molar-refractivity contribution in [3.63, 3.8) is 0 Å². The van der Waals surface area contributed by atoms with Crippen molar-refractivity contribution in [3.05, 3.63) is 34.4 Å². The highest BCUT2D eigenvalue weighted by atomic mass is 16.5. The van der Waals surface area contributed by atoms with Gasteiger partial charge in [-0.25, -0.2) is 0 Å². The first-order chi connectivity index (χ1) is 11.4. The predicted octanol–water partition coefficient (Wildman–Crippen LogP) is 4.02. The third kappa shape index (κ3) is 4.01. The first-order valence-electron chi connectivity index (χ1n) is 9.27. The second-order valence-electron chi connectivity index (χ2n) is 7.79. The van der Waals surface area contributed by atoms with E-state index in [-0.39, 0.29) is 18.6 Å². The molecule has 24 heavy (non-hydrogen) atoms. The second kappa shape index (κ2) is 8.46. The van der Waals surface area contributed by atoms with Crippen molar-refractivity contribution < 1.29 is 14.9 Å². The molecule has 0 amide bonds. The number of hydrogen-bond acceptors (Lipinski definition) is 3. The summed E-state index contributed by atoms with van der Waals surface area (Å²) in [6.45, 7) is 8.67.